The van der Waals surface area contributed by atoms with Crippen LogP contribution in [0.2, 0.25) is 0 Å². The summed E-state index contributed by atoms with van der Waals surface area (Å²) < 4.78 is 46.9. The molecule has 6 nitrogen and oxygen atoms in total. The molecule has 0 saturated carbocycles. The number of aromatic nitrogens is 2. The molecule has 1 aromatic carbocycles. The number of hydrogen-bond acceptors (Lipinski definition) is 6. The molecule has 10 heteroatoms. The molecule has 0 bridgehead atoms. The molecule has 2 aromatic rings. The molecule has 0 saturated heterocycles. The fraction of sp³-hybridized carbons (Fsp3) is 0.357. The fourth-order valence-corrected chi connectivity index (χ4v) is 2.43. The van der Waals surface area contributed by atoms with E-state index in [0.717, 1.165) is 11.8 Å². The maximum absolute atomic E-state index is 12.1. The van der Waals surface area contributed by atoms with E-state index >= 15 is 0 Å². The number of nitrogens with zero attached hydrogens (tertiary/aromatic N) is 2. The van der Waals surface area contributed by atoms with Crippen molar-refractivity contribution in [1.82, 2.24) is 15.5 Å². The van der Waals surface area contributed by atoms with Crippen LogP contribution in [0.3, 0.4) is 0 Å². The maximum Gasteiger partial charge on any atom is 0.405 e. The third-order valence-electron chi connectivity index (χ3n) is 2.85. The minimum atomic E-state index is -4.46. The molecule has 130 valence electrons. The number of para-hydroxylation sites is 1. The zero-order valence-corrected chi connectivity index (χ0v) is 13.6. The van der Waals surface area contributed by atoms with Crippen LogP contribution in [0, 0.1) is 0 Å². The van der Waals surface area contributed by atoms with Gasteiger partial charge in [-0.2, -0.15) is 13.2 Å². The second-order valence-electron chi connectivity index (χ2n) is 4.67. The first-order chi connectivity index (χ1) is 11.3. The number of carbonyl (C=O) groups is 1. The fourth-order valence-electron chi connectivity index (χ4n) is 1.72. The van der Waals surface area contributed by atoms with E-state index in [0.29, 0.717) is 11.3 Å². The van der Waals surface area contributed by atoms with E-state index in [1.165, 1.54) is 14.0 Å². The van der Waals surface area contributed by atoms with Crippen molar-refractivity contribution in [2.75, 3.05) is 13.7 Å². The van der Waals surface area contributed by atoms with Crippen LogP contribution in [0.25, 0.3) is 11.5 Å². The number of benzene rings is 1. The minimum absolute atomic E-state index is 0.0746. The standard InChI is InChI=1S/C14H14F3N3O3S/c1-8(11(21)18-7-14(15,16)17)24-13-20-19-12(23-13)9-5-3-4-6-10(9)22-2/h3-6,8H,7H2,1-2H3,(H,18,21). The van der Waals surface area contributed by atoms with E-state index < -0.39 is 23.9 Å². The Morgan fingerprint density at radius 2 is 2.08 bits per heavy atom. The number of ether oxygens (including phenoxy) is 1. The number of alkyl halides is 3. The van der Waals surface area contributed by atoms with Gasteiger partial charge >= 0.3 is 6.18 Å². The second-order valence-corrected chi connectivity index (χ2v) is 5.96. The molecule has 0 fully saturated rings. The Kier molecular flexibility index (Phi) is 5.71. The third kappa shape index (κ3) is 4.88. The lowest BCUT2D eigenvalue weighted by molar-refractivity contribution is -0.137. The van der Waals surface area contributed by atoms with Crippen molar-refractivity contribution in [2.24, 2.45) is 0 Å². The number of amides is 1. The van der Waals surface area contributed by atoms with Crippen LogP contribution in [0.15, 0.2) is 33.9 Å². The predicted octanol–water partition coefficient (Wildman–Crippen LogP) is 2.90. The van der Waals surface area contributed by atoms with Crippen molar-refractivity contribution in [3.05, 3.63) is 24.3 Å². The summed E-state index contributed by atoms with van der Waals surface area (Å²) in [6.45, 7) is 0.0659. The summed E-state index contributed by atoms with van der Waals surface area (Å²) in [6.07, 6.45) is -4.46. The first-order valence-electron chi connectivity index (χ1n) is 6.78. The molecule has 0 aliphatic heterocycles. The van der Waals surface area contributed by atoms with Gasteiger partial charge in [-0.3, -0.25) is 4.79 Å². The second kappa shape index (κ2) is 7.56. The average Bonchev–Trinajstić information content (AvgIpc) is 3.00. The zero-order valence-electron chi connectivity index (χ0n) is 12.8. The molecular formula is C14H14F3N3O3S. The molecule has 1 amide bonds. The lowest BCUT2D eigenvalue weighted by atomic mass is 10.2. The summed E-state index contributed by atoms with van der Waals surface area (Å²) in [4.78, 5) is 11.6. The van der Waals surface area contributed by atoms with Crippen LogP contribution in [0.4, 0.5) is 13.2 Å². The van der Waals surface area contributed by atoms with Crippen molar-refractivity contribution in [2.45, 2.75) is 23.6 Å². The largest absolute Gasteiger partial charge is 0.496 e. The van der Waals surface area contributed by atoms with Crippen LogP contribution in [0.1, 0.15) is 6.92 Å². The molecule has 1 aromatic heterocycles. The lowest BCUT2D eigenvalue weighted by Gasteiger charge is -2.11. The van der Waals surface area contributed by atoms with Gasteiger partial charge in [-0.25, -0.2) is 0 Å². The van der Waals surface area contributed by atoms with Crippen molar-refractivity contribution in [3.63, 3.8) is 0 Å². The van der Waals surface area contributed by atoms with Crippen molar-refractivity contribution in [1.29, 1.82) is 0 Å². The van der Waals surface area contributed by atoms with Crippen LogP contribution in [0.5, 0.6) is 5.75 Å². The Labute approximate surface area is 139 Å². The molecule has 1 unspecified atom stereocenters. The van der Waals surface area contributed by atoms with Gasteiger partial charge in [0.1, 0.15) is 12.3 Å². The van der Waals surface area contributed by atoms with Crippen LogP contribution < -0.4 is 10.1 Å². The van der Waals surface area contributed by atoms with Crippen LogP contribution in [-0.4, -0.2) is 41.2 Å². The monoisotopic (exact) mass is 361 g/mol. The van der Waals surface area contributed by atoms with Gasteiger partial charge in [-0.15, -0.1) is 10.2 Å². The Hall–Kier alpha value is -2.23. The van der Waals surface area contributed by atoms with Gasteiger partial charge in [0.15, 0.2) is 0 Å². The summed E-state index contributed by atoms with van der Waals surface area (Å²) >= 11 is 0.871. The summed E-state index contributed by atoms with van der Waals surface area (Å²) in [7, 11) is 1.50. The van der Waals surface area contributed by atoms with Crippen molar-refractivity contribution in [3.8, 4) is 17.2 Å². The SMILES string of the molecule is COc1ccccc1-c1nnc(SC(C)C(=O)NCC(F)(F)F)o1. The number of thioether (sulfide) groups is 1. The highest BCUT2D eigenvalue weighted by atomic mass is 32.2. The van der Waals surface area contributed by atoms with Crippen molar-refractivity contribution < 1.29 is 27.1 Å². The quantitative estimate of drug-likeness (QED) is 0.797. The number of nitrogens with one attached hydrogen (secondary N) is 1. The Morgan fingerprint density at radius 1 is 1.38 bits per heavy atom. The topological polar surface area (TPSA) is 77.2 Å². The Bertz CT molecular complexity index is 706. The van der Waals surface area contributed by atoms with Gasteiger partial charge in [0.2, 0.25) is 5.91 Å². The maximum atomic E-state index is 12.1. The molecule has 1 heterocycles. The molecule has 0 radical (unpaired) electrons. The normalized spacial score (nSPS) is 12.7. The number of hydrogen-bond donors (Lipinski definition) is 1. The average molecular weight is 361 g/mol. The molecule has 2 rings (SSSR count). The van der Waals surface area contributed by atoms with Crippen LogP contribution in [-0.2, 0) is 4.79 Å². The van der Waals surface area contributed by atoms with Crippen LogP contribution >= 0.6 is 11.8 Å². The summed E-state index contributed by atoms with van der Waals surface area (Å²) in [5, 5.41) is 8.71. The molecule has 0 aliphatic carbocycles. The van der Waals surface area contributed by atoms with E-state index in [4.69, 9.17) is 9.15 Å². The highest BCUT2D eigenvalue weighted by Gasteiger charge is 2.29. The lowest BCUT2D eigenvalue weighted by Crippen LogP contribution is -2.37. The number of methoxy groups -OCH3 is 1. The Balaban J connectivity index is 2.02. The zero-order chi connectivity index (χ0) is 17.7. The summed E-state index contributed by atoms with van der Waals surface area (Å²) in [5.74, 6) is -0.0408. The van der Waals surface area contributed by atoms with E-state index in [2.05, 4.69) is 10.2 Å². The molecule has 0 spiro atoms. The van der Waals surface area contributed by atoms with E-state index in [-0.39, 0.29) is 11.1 Å². The number of halogens is 3. The summed E-state index contributed by atoms with van der Waals surface area (Å²) in [5.41, 5.74) is 0.577. The molecular weight excluding hydrogens is 347 g/mol. The predicted molar refractivity (Wildman–Crippen MR) is 80.7 cm³/mol. The van der Waals surface area contributed by atoms with Gasteiger partial charge in [-0.1, -0.05) is 23.9 Å². The van der Waals surface area contributed by atoms with Gasteiger partial charge in [-0.05, 0) is 19.1 Å². The smallest absolute Gasteiger partial charge is 0.405 e. The summed E-state index contributed by atoms with van der Waals surface area (Å²) in [6, 6.07) is 6.99. The third-order valence-corrected chi connectivity index (χ3v) is 3.79. The highest BCUT2D eigenvalue weighted by Crippen LogP contribution is 2.31. The van der Waals surface area contributed by atoms with Gasteiger partial charge in [0.05, 0.1) is 17.9 Å². The van der Waals surface area contributed by atoms with Crippen molar-refractivity contribution >= 4 is 17.7 Å². The minimum Gasteiger partial charge on any atom is -0.496 e. The first-order valence-corrected chi connectivity index (χ1v) is 7.66. The van der Waals surface area contributed by atoms with E-state index in [1.807, 2.05) is 0 Å². The van der Waals surface area contributed by atoms with E-state index in [1.54, 1.807) is 29.6 Å². The number of rotatable bonds is 6. The molecule has 0 aliphatic rings. The van der Waals surface area contributed by atoms with Gasteiger partial charge < -0.3 is 14.5 Å². The highest BCUT2D eigenvalue weighted by molar-refractivity contribution is 8.00. The van der Waals surface area contributed by atoms with Gasteiger partial charge in [0.25, 0.3) is 11.1 Å². The number of carbonyl (C=O) groups excluding carboxylic acids is 1. The molecule has 1 atom stereocenters. The Morgan fingerprint density at radius 3 is 2.75 bits per heavy atom. The van der Waals surface area contributed by atoms with Gasteiger partial charge in [0, 0.05) is 0 Å². The molecule has 1 N–H and O–H groups in total. The first kappa shape index (κ1) is 18.1. The van der Waals surface area contributed by atoms with E-state index in [9.17, 15) is 18.0 Å². The molecule has 24 heavy (non-hydrogen) atoms.